The molecule has 25 heavy (non-hydrogen) atoms. The molecule has 1 aliphatic carbocycles. The molecule has 1 nitrogen and oxygen atoms in total. The predicted molar refractivity (Wildman–Crippen MR) is 105 cm³/mol. The largest absolute Gasteiger partial charge is 0.247 e. The second kappa shape index (κ2) is 5.03. The summed E-state index contributed by atoms with van der Waals surface area (Å²) in [5.41, 5.74) is 2.06. The van der Waals surface area contributed by atoms with E-state index >= 15 is 0 Å². The molecule has 0 saturated carbocycles. The maximum absolute atomic E-state index is 8.69. The Morgan fingerprint density at radius 2 is 1.60 bits per heavy atom. The molecule has 5 rings (SSSR count). The molecule has 3 aromatic carbocycles. The van der Waals surface area contributed by atoms with Crippen LogP contribution in [0.3, 0.4) is 0 Å². The molecule has 0 N–H and O–H groups in total. The standard InChI is InChI=1S/C24H19N/c1-24(2)19-14-8-6-12-17(19)21-22(24)18-13-7-9-15-20(18)25-23(21)16-10-4-3-5-11-16/h3-15H,1-2H3/i6D,7D,8D,9D,12D,13D,14D,15D. The number of benzene rings is 3. The molecule has 1 aliphatic rings. The summed E-state index contributed by atoms with van der Waals surface area (Å²) in [5, 5.41) is 0.244. The van der Waals surface area contributed by atoms with Crippen molar-refractivity contribution in [2.24, 2.45) is 0 Å². The van der Waals surface area contributed by atoms with Crippen LogP contribution in [0.5, 0.6) is 0 Å². The van der Waals surface area contributed by atoms with Crippen LogP contribution < -0.4 is 0 Å². The molecule has 0 radical (unpaired) electrons. The van der Waals surface area contributed by atoms with Gasteiger partial charge in [-0.25, -0.2) is 4.98 Å². The molecule has 1 aromatic heterocycles. The summed E-state index contributed by atoms with van der Waals surface area (Å²) in [6.07, 6.45) is 0. The molecule has 0 unspecified atom stereocenters. The summed E-state index contributed by atoms with van der Waals surface area (Å²) in [5.74, 6) is 0. The predicted octanol–water partition coefficient (Wildman–Crippen LogP) is 6.21. The fraction of sp³-hybridized carbons (Fsp3) is 0.125. The first-order valence-electron chi connectivity index (χ1n) is 12.1. The normalized spacial score (nSPS) is 18.8. The summed E-state index contributed by atoms with van der Waals surface area (Å²) < 4.78 is 67.3. The van der Waals surface area contributed by atoms with E-state index in [-0.39, 0.29) is 59.2 Å². The van der Waals surface area contributed by atoms with E-state index in [2.05, 4.69) is 0 Å². The number of nitrogens with zero attached hydrogens (tertiary/aromatic N) is 1. The first-order valence-corrected chi connectivity index (χ1v) is 8.11. The van der Waals surface area contributed by atoms with E-state index in [0.29, 0.717) is 33.5 Å². The van der Waals surface area contributed by atoms with Crippen LogP contribution in [0.1, 0.15) is 35.9 Å². The van der Waals surface area contributed by atoms with Gasteiger partial charge in [-0.2, -0.15) is 0 Å². The lowest BCUT2D eigenvalue weighted by molar-refractivity contribution is 0.666. The first kappa shape index (κ1) is 8.44. The highest BCUT2D eigenvalue weighted by Crippen LogP contribution is 2.53. The topological polar surface area (TPSA) is 12.9 Å². The molecule has 1 heteroatoms. The second-order valence-corrected chi connectivity index (χ2v) is 6.68. The van der Waals surface area contributed by atoms with Gasteiger partial charge in [-0.1, -0.05) is 86.5 Å². The minimum Gasteiger partial charge on any atom is -0.247 e. The van der Waals surface area contributed by atoms with Gasteiger partial charge >= 0.3 is 0 Å². The van der Waals surface area contributed by atoms with Gasteiger partial charge in [0.05, 0.1) is 22.2 Å². The molecule has 120 valence electrons. The van der Waals surface area contributed by atoms with E-state index in [1.807, 2.05) is 44.2 Å². The summed E-state index contributed by atoms with van der Waals surface area (Å²) in [7, 11) is 0. The number of pyridine rings is 1. The Labute approximate surface area is 159 Å². The van der Waals surface area contributed by atoms with Crippen molar-refractivity contribution in [1.82, 2.24) is 4.98 Å². The Kier molecular flexibility index (Phi) is 1.70. The van der Waals surface area contributed by atoms with Crippen LogP contribution in [0.25, 0.3) is 33.3 Å². The third kappa shape index (κ3) is 1.93. The van der Waals surface area contributed by atoms with Gasteiger partial charge in [0.2, 0.25) is 0 Å². The molecular weight excluding hydrogens is 302 g/mol. The fourth-order valence-electron chi connectivity index (χ4n) is 3.75. The third-order valence-corrected chi connectivity index (χ3v) is 4.86. The third-order valence-electron chi connectivity index (χ3n) is 4.86. The average Bonchev–Trinajstić information content (AvgIpc) is 3.05. The quantitative estimate of drug-likeness (QED) is 0.404. The lowest BCUT2D eigenvalue weighted by atomic mass is 9.80. The van der Waals surface area contributed by atoms with E-state index in [1.165, 1.54) is 0 Å². The Bertz CT molecular complexity index is 1510. The zero-order valence-electron chi connectivity index (χ0n) is 21.8. The summed E-state index contributed by atoms with van der Waals surface area (Å²) in [4.78, 5) is 4.70. The van der Waals surface area contributed by atoms with Crippen molar-refractivity contribution in [3.8, 4) is 22.4 Å². The molecule has 0 spiro atoms. The van der Waals surface area contributed by atoms with Crippen LogP contribution in [0.2, 0.25) is 0 Å². The molecule has 0 aliphatic heterocycles. The van der Waals surface area contributed by atoms with Crippen molar-refractivity contribution >= 4 is 10.9 Å². The van der Waals surface area contributed by atoms with Gasteiger partial charge < -0.3 is 0 Å². The molecule has 0 fully saturated rings. The number of rotatable bonds is 1. The zero-order chi connectivity index (χ0) is 24.0. The molecule has 0 atom stereocenters. The molecular formula is C24H19N. The second-order valence-electron chi connectivity index (χ2n) is 6.68. The van der Waals surface area contributed by atoms with Crippen LogP contribution in [-0.4, -0.2) is 4.98 Å². The highest BCUT2D eigenvalue weighted by atomic mass is 14.7. The highest BCUT2D eigenvalue weighted by Gasteiger charge is 2.38. The Balaban J connectivity index is 2.13. The average molecular weight is 329 g/mol. The lowest BCUT2D eigenvalue weighted by Gasteiger charge is -2.23. The van der Waals surface area contributed by atoms with E-state index in [1.54, 1.807) is 0 Å². The van der Waals surface area contributed by atoms with Crippen LogP contribution in [0.15, 0.2) is 78.7 Å². The minimum absolute atomic E-state index is 0.120. The van der Waals surface area contributed by atoms with Gasteiger partial charge in [-0.05, 0) is 22.7 Å². The number of fused-ring (bicyclic) bond motifs is 5. The van der Waals surface area contributed by atoms with Gasteiger partial charge in [0, 0.05) is 21.9 Å². The number of hydrogen-bond acceptors (Lipinski definition) is 1. The zero-order valence-corrected chi connectivity index (χ0v) is 13.8. The summed E-state index contributed by atoms with van der Waals surface area (Å²) in [6, 6.07) is 6.90. The monoisotopic (exact) mass is 329 g/mol. The SMILES string of the molecule is [2H]c1c([2H])c([2H])c2c(c1[2H])-c1c(-c3ccccc3)nc3c([2H])c([2H])c([2H])c([2H])c3c1C2(C)C. The highest BCUT2D eigenvalue weighted by molar-refractivity contribution is 6.01. The van der Waals surface area contributed by atoms with E-state index in [9.17, 15) is 0 Å². The van der Waals surface area contributed by atoms with Crippen molar-refractivity contribution in [3.63, 3.8) is 0 Å². The van der Waals surface area contributed by atoms with Crippen molar-refractivity contribution in [2.75, 3.05) is 0 Å². The van der Waals surface area contributed by atoms with Crippen LogP contribution in [0.4, 0.5) is 0 Å². The Morgan fingerprint density at radius 3 is 2.44 bits per heavy atom. The van der Waals surface area contributed by atoms with Crippen LogP contribution in [0, 0.1) is 0 Å². The molecule has 1 heterocycles. The summed E-state index contributed by atoms with van der Waals surface area (Å²) >= 11 is 0. The molecule has 0 amide bonds. The van der Waals surface area contributed by atoms with E-state index in [0.717, 1.165) is 0 Å². The smallest absolute Gasteiger partial charge is 0.0791 e. The molecule has 4 aromatic rings. The Hall–Kier alpha value is -2.93. The van der Waals surface area contributed by atoms with Gasteiger partial charge in [-0.15, -0.1) is 0 Å². The molecule has 0 bridgehead atoms. The van der Waals surface area contributed by atoms with Crippen LogP contribution >= 0.6 is 0 Å². The first-order chi connectivity index (χ1) is 15.5. The number of aromatic nitrogens is 1. The molecule has 0 saturated heterocycles. The van der Waals surface area contributed by atoms with E-state index < -0.39 is 5.41 Å². The Morgan fingerprint density at radius 1 is 0.880 bits per heavy atom. The van der Waals surface area contributed by atoms with E-state index in [4.69, 9.17) is 16.0 Å². The van der Waals surface area contributed by atoms with Gasteiger partial charge in [0.1, 0.15) is 0 Å². The van der Waals surface area contributed by atoms with Gasteiger partial charge in [0.25, 0.3) is 0 Å². The van der Waals surface area contributed by atoms with Crippen molar-refractivity contribution < 1.29 is 11.0 Å². The van der Waals surface area contributed by atoms with Crippen molar-refractivity contribution in [3.05, 3.63) is 89.8 Å². The number of para-hydroxylation sites is 1. The summed E-state index contributed by atoms with van der Waals surface area (Å²) in [6.45, 7) is 3.65. The minimum atomic E-state index is -0.954. The van der Waals surface area contributed by atoms with Gasteiger partial charge in [0.15, 0.2) is 0 Å². The van der Waals surface area contributed by atoms with Crippen molar-refractivity contribution in [1.29, 1.82) is 0 Å². The maximum atomic E-state index is 8.69. The van der Waals surface area contributed by atoms with Crippen molar-refractivity contribution in [2.45, 2.75) is 19.3 Å². The van der Waals surface area contributed by atoms with Gasteiger partial charge in [-0.3, -0.25) is 0 Å². The van der Waals surface area contributed by atoms with Crippen LogP contribution in [-0.2, 0) is 5.41 Å². The fourth-order valence-corrected chi connectivity index (χ4v) is 3.75. The maximum Gasteiger partial charge on any atom is 0.0791 e. The number of hydrogen-bond donors (Lipinski definition) is 0. The lowest BCUT2D eigenvalue weighted by Crippen LogP contribution is -2.15.